The second-order valence-electron chi connectivity index (χ2n) is 4.73. The second kappa shape index (κ2) is 6.37. The lowest BCUT2D eigenvalue weighted by molar-refractivity contribution is 0.577. The first-order valence-corrected chi connectivity index (χ1v) is 8.34. The Labute approximate surface area is 104 Å². The van der Waals surface area contributed by atoms with Gasteiger partial charge in [-0.1, -0.05) is 52.0 Å². The number of hydrogen-bond donors (Lipinski definition) is 0. The summed E-state index contributed by atoms with van der Waals surface area (Å²) in [5.41, 5.74) is 2.71. The fourth-order valence-electron chi connectivity index (χ4n) is 1.70. The van der Waals surface area contributed by atoms with Gasteiger partial charge in [-0.3, -0.25) is 0 Å². The van der Waals surface area contributed by atoms with Gasteiger partial charge in [0.1, 0.15) is 0 Å². The van der Waals surface area contributed by atoms with Crippen molar-refractivity contribution < 1.29 is 4.12 Å². The monoisotopic (exact) mass is 249 g/mol. The van der Waals surface area contributed by atoms with Gasteiger partial charge in [-0.25, -0.2) is 0 Å². The van der Waals surface area contributed by atoms with Gasteiger partial charge in [-0.05, 0) is 28.8 Å². The molecule has 0 saturated heterocycles. The summed E-state index contributed by atoms with van der Waals surface area (Å²) >= 11 is 0. The van der Waals surface area contributed by atoms with Crippen LogP contribution in [0.2, 0.25) is 11.1 Å². The molecular weight excluding hydrogens is 228 g/mol. The SMILES string of the molecule is Cc1ccccc1[Si]O[Si](C(C)C)C(C)C. The summed E-state index contributed by atoms with van der Waals surface area (Å²) in [7, 11) is -0.166. The first-order valence-electron chi connectivity index (χ1n) is 5.87. The highest BCUT2D eigenvalue weighted by atomic mass is 28.3. The topological polar surface area (TPSA) is 9.23 Å². The van der Waals surface area contributed by atoms with E-state index >= 15 is 0 Å². The number of benzene rings is 1. The molecule has 0 unspecified atom stereocenters. The molecule has 0 spiro atoms. The smallest absolute Gasteiger partial charge is 0.257 e. The zero-order valence-electron chi connectivity index (χ0n) is 10.9. The van der Waals surface area contributed by atoms with E-state index in [-0.39, 0.29) is 0 Å². The van der Waals surface area contributed by atoms with Crippen LogP contribution >= 0.6 is 0 Å². The van der Waals surface area contributed by atoms with Gasteiger partial charge in [0.25, 0.3) is 9.76 Å². The predicted octanol–water partition coefficient (Wildman–Crippen LogP) is 3.07. The second-order valence-corrected chi connectivity index (χ2v) is 9.40. The van der Waals surface area contributed by atoms with Crippen molar-refractivity contribution in [2.75, 3.05) is 0 Å². The molecule has 1 aromatic rings. The summed E-state index contributed by atoms with van der Waals surface area (Å²) < 4.78 is 6.16. The van der Waals surface area contributed by atoms with E-state index in [0.29, 0.717) is 20.8 Å². The lowest BCUT2D eigenvalue weighted by atomic mass is 10.2. The standard InChI is InChI=1S/C13H21OSi2/c1-10(2)16(11(3)4)14-15-13-9-7-6-8-12(13)5/h6-11H,1-5H3. The molecular formula is C13H21OSi2. The highest BCUT2D eigenvalue weighted by Gasteiger charge is 2.22. The Kier molecular flexibility index (Phi) is 5.45. The molecule has 1 aromatic carbocycles. The third-order valence-electron chi connectivity index (χ3n) is 2.56. The van der Waals surface area contributed by atoms with E-state index in [1.54, 1.807) is 0 Å². The molecule has 87 valence electrons. The van der Waals surface area contributed by atoms with E-state index in [9.17, 15) is 0 Å². The van der Waals surface area contributed by atoms with Gasteiger partial charge in [-0.15, -0.1) is 0 Å². The van der Waals surface area contributed by atoms with Crippen LogP contribution in [0.5, 0.6) is 0 Å². The van der Waals surface area contributed by atoms with E-state index in [1.807, 2.05) is 0 Å². The van der Waals surface area contributed by atoms with Gasteiger partial charge >= 0.3 is 0 Å². The highest BCUT2D eigenvalue weighted by Crippen LogP contribution is 2.20. The van der Waals surface area contributed by atoms with Crippen LogP contribution in [0.1, 0.15) is 33.3 Å². The minimum absolute atomic E-state index is 0.514. The largest absolute Gasteiger partial charge is 0.452 e. The predicted molar refractivity (Wildman–Crippen MR) is 73.6 cm³/mol. The van der Waals surface area contributed by atoms with E-state index in [0.717, 1.165) is 0 Å². The van der Waals surface area contributed by atoms with Crippen LogP contribution in [0.4, 0.5) is 0 Å². The molecule has 1 nitrogen and oxygen atoms in total. The van der Waals surface area contributed by atoms with E-state index in [1.165, 1.54) is 10.8 Å². The van der Waals surface area contributed by atoms with Gasteiger partial charge in [0.15, 0.2) is 0 Å². The maximum absolute atomic E-state index is 6.16. The molecule has 0 aromatic heterocycles. The van der Waals surface area contributed by atoms with Crippen molar-refractivity contribution in [3.05, 3.63) is 29.8 Å². The average molecular weight is 249 g/mol. The molecule has 0 saturated carbocycles. The molecule has 0 aliphatic carbocycles. The van der Waals surface area contributed by atoms with Gasteiger partial charge < -0.3 is 4.12 Å². The molecule has 0 bridgehead atoms. The van der Waals surface area contributed by atoms with Crippen LogP contribution in [0.3, 0.4) is 0 Å². The Morgan fingerprint density at radius 2 is 1.62 bits per heavy atom. The molecule has 0 amide bonds. The average Bonchev–Trinajstić information content (AvgIpc) is 2.20. The summed E-state index contributed by atoms with van der Waals surface area (Å²) in [5, 5.41) is 1.35. The van der Waals surface area contributed by atoms with Crippen molar-refractivity contribution in [3.8, 4) is 0 Å². The zero-order chi connectivity index (χ0) is 12.1. The Morgan fingerprint density at radius 1 is 1.06 bits per heavy atom. The summed E-state index contributed by atoms with van der Waals surface area (Å²) in [6, 6.07) is 8.51. The van der Waals surface area contributed by atoms with E-state index in [4.69, 9.17) is 4.12 Å². The van der Waals surface area contributed by atoms with Crippen molar-refractivity contribution >= 4 is 24.0 Å². The Bertz CT molecular complexity index is 315. The number of hydrogen-bond acceptors (Lipinski definition) is 1. The van der Waals surface area contributed by atoms with Crippen molar-refractivity contribution in [2.45, 2.75) is 45.7 Å². The molecule has 0 fully saturated rings. The molecule has 0 N–H and O–H groups in total. The van der Waals surface area contributed by atoms with Crippen LogP contribution in [0.15, 0.2) is 24.3 Å². The van der Waals surface area contributed by atoms with Crippen LogP contribution in [0, 0.1) is 6.92 Å². The Balaban J connectivity index is 2.59. The third-order valence-corrected chi connectivity index (χ3v) is 6.97. The molecule has 1 rings (SSSR count). The summed E-state index contributed by atoms with van der Waals surface area (Å²) in [4.78, 5) is 0. The quantitative estimate of drug-likeness (QED) is 0.729. The maximum atomic E-state index is 6.16. The molecule has 0 heterocycles. The van der Waals surface area contributed by atoms with Gasteiger partial charge in [-0.2, -0.15) is 0 Å². The summed E-state index contributed by atoms with van der Waals surface area (Å²) in [5.74, 6) is 0. The van der Waals surface area contributed by atoms with Crippen molar-refractivity contribution in [3.63, 3.8) is 0 Å². The molecule has 16 heavy (non-hydrogen) atoms. The molecule has 3 heteroatoms. The number of rotatable bonds is 5. The van der Waals surface area contributed by atoms with Gasteiger partial charge in [0, 0.05) is 0 Å². The van der Waals surface area contributed by atoms with Crippen LogP contribution in [-0.2, 0) is 4.12 Å². The van der Waals surface area contributed by atoms with Crippen LogP contribution in [-0.4, -0.2) is 18.8 Å². The van der Waals surface area contributed by atoms with Crippen LogP contribution < -0.4 is 5.19 Å². The molecule has 0 atom stereocenters. The number of aryl methyl sites for hydroxylation is 1. The fourth-order valence-corrected chi connectivity index (χ4v) is 6.24. The third kappa shape index (κ3) is 3.88. The van der Waals surface area contributed by atoms with Crippen molar-refractivity contribution in [1.82, 2.24) is 0 Å². The molecule has 0 aliphatic heterocycles. The lowest BCUT2D eigenvalue weighted by Gasteiger charge is -2.22. The maximum Gasteiger partial charge on any atom is 0.257 e. The van der Waals surface area contributed by atoms with Crippen molar-refractivity contribution in [1.29, 1.82) is 0 Å². The van der Waals surface area contributed by atoms with Gasteiger partial charge in [0.05, 0.1) is 0 Å². The molecule has 0 aliphatic rings. The van der Waals surface area contributed by atoms with Crippen LogP contribution in [0.25, 0.3) is 0 Å². The normalized spacial score (nSPS) is 11.8. The summed E-state index contributed by atoms with van der Waals surface area (Å²) in [6.07, 6.45) is 0. The van der Waals surface area contributed by atoms with Gasteiger partial charge in [0.2, 0.25) is 9.04 Å². The minimum atomic E-state index is -0.680. The molecule has 3 radical (unpaired) electrons. The zero-order valence-corrected chi connectivity index (χ0v) is 12.9. The Morgan fingerprint density at radius 3 is 2.12 bits per heavy atom. The first-order chi connectivity index (χ1) is 7.52. The van der Waals surface area contributed by atoms with E-state index in [2.05, 4.69) is 58.9 Å². The lowest BCUT2D eigenvalue weighted by Crippen LogP contribution is -2.32. The minimum Gasteiger partial charge on any atom is -0.452 e. The van der Waals surface area contributed by atoms with E-state index < -0.39 is 9.04 Å². The highest BCUT2D eigenvalue weighted by molar-refractivity contribution is 6.65. The Hall–Kier alpha value is -0.386. The fraction of sp³-hybridized carbons (Fsp3) is 0.538. The summed E-state index contributed by atoms with van der Waals surface area (Å²) in [6.45, 7) is 11.3. The first kappa shape index (κ1) is 13.7. The van der Waals surface area contributed by atoms with Crippen molar-refractivity contribution in [2.24, 2.45) is 0 Å².